The predicted molar refractivity (Wildman–Crippen MR) is 109 cm³/mol. The Morgan fingerprint density at radius 3 is 2.19 bits per heavy atom. The smallest absolute Gasteiger partial charge is 0.119 e. The first-order valence-electron chi connectivity index (χ1n) is 8.12. The summed E-state index contributed by atoms with van der Waals surface area (Å²) in [4.78, 5) is 10.4. The maximum atomic E-state index is 4.05. The quantitative estimate of drug-likeness (QED) is 0.572. The van der Waals surface area contributed by atoms with Gasteiger partial charge >= 0.3 is 0 Å². The van der Waals surface area contributed by atoms with E-state index in [-0.39, 0.29) is 4.75 Å². The van der Waals surface area contributed by atoms with Crippen molar-refractivity contribution in [3.8, 4) is 23.7 Å². The number of nitrogens with zero attached hydrogens (tertiary/aromatic N) is 2. The Bertz CT molecular complexity index is 1030. The Labute approximate surface area is 161 Å². The summed E-state index contributed by atoms with van der Waals surface area (Å²) in [7, 11) is 0. The molecule has 0 N–H and O–H groups in total. The molecule has 124 valence electrons. The molecule has 1 atom stereocenters. The third-order valence-electron chi connectivity index (χ3n) is 3.88. The van der Waals surface area contributed by atoms with Gasteiger partial charge in [-0.3, -0.25) is 9.97 Å². The first-order valence-corrected chi connectivity index (χ1v) is 9.82. The molecule has 0 aromatic carbocycles. The number of pyridine rings is 2. The highest BCUT2D eigenvalue weighted by Gasteiger charge is 2.36. The molecule has 1 aliphatic rings. The summed E-state index contributed by atoms with van der Waals surface area (Å²) in [5.41, 5.74) is 1.95. The second-order valence-corrected chi connectivity index (χ2v) is 7.94. The van der Waals surface area contributed by atoms with E-state index in [0.717, 1.165) is 22.5 Å². The lowest BCUT2D eigenvalue weighted by Gasteiger charge is -2.20. The SMILES string of the molecule is C(#Cc1ccncc1)C1=CCC(C#Cc2ccncc2)(c2cccs2)S1. The van der Waals surface area contributed by atoms with Crippen LogP contribution in [-0.2, 0) is 4.75 Å². The zero-order chi connectivity index (χ0) is 17.7. The van der Waals surface area contributed by atoms with Gasteiger partial charge in [0.25, 0.3) is 0 Å². The van der Waals surface area contributed by atoms with Crippen LogP contribution in [0.25, 0.3) is 0 Å². The molecular weight excluding hydrogens is 356 g/mol. The zero-order valence-corrected chi connectivity index (χ0v) is 15.5. The summed E-state index contributed by atoms with van der Waals surface area (Å²) >= 11 is 3.49. The van der Waals surface area contributed by atoms with Gasteiger partial charge in [0, 0.05) is 40.8 Å². The van der Waals surface area contributed by atoms with Crippen molar-refractivity contribution < 1.29 is 0 Å². The van der Waals surface area contributed by atoms with E-state index in [1.54, 1.807) is 47.9 Å². The number of aromatic nitrogens is 2. The monoisotopic (exact) mass is 370 g/mol. The van der Waals surface area contributed by atoms with Crippen molar-refractivity contribution in [2.45, 2.75) is 11.2 Å². The Morgan fingerprint density at radius 2 is 1.54 bits per heavy atom. The van der Waals surface area contributed by atoms with Gasteiger partial charge in [-0.05, 0) is 42.1 Å². The van der Waals surface area contributed by atoms with Crippen molar-refractivity contribution in [2.24, 2.45) is 0 Å². The maximum Gasteiger partial charge on any atom is 0.119 e. The molecule has 0 saturated carbocycles. The van der Waals surface area contributed by atoms with Crippen LogP contribution < -0.4 is 0 Å². The van der Waals surface area contributed by atoms with Crippen LogP contribution in [0.15, 0.2) is 77.5 Å². The van der Waals surface area contributed by atoms with E-state index in [1.807, 2.05) is 24.3 Å². The minimum Gasteiger partial charge on any atom is -0.265 e. The number of hydrogen-bond donors (Lipinski definition) is 0. The van der Waals surface area contributed by atoms with E-state index < -0.39 is 0 Å². The molecule has 26 heavy (non-hydrogen) atoms. The average molecular weight is 371 g/mol. The van der Waals surface area contributed by atoms with E-state index in [1.165, 1.54) is 4.88 Å². The van der Waals surface area contributed by atoms with Crippen LogP contribution in [0, 0.1) is 23.7 Å². The van der Waals surface area contributed by atoms with Gasteiger partial charge < -0.3 is 0 Å². The molecule has 2 nitrogen and oxygen atoms in total. The van der Waals surface area contributed by atoms with Crippen LogP contribution in [0.2, 0.25) is 0 Å². The molecule has 0 fully saturated rings. The van der Waals surface area contributed by atoms with Crippen molar-refractivity contribution in [2.75, 3.05) is 0 Å². The molecular formula is C22H14N2S2. The molecule has 1 unspecified atom stereocenters. The van der Waals surface area contributed by atoms with Crippen molar-refractivity contribution in [3.63, 3.8) is 0 Å². The number of rotatable bonds is 1. The van der Waals surface area contributed by atoms with Gasteiger partial charge in [0.15, 0.2) is 0 Å². The van der Waals surface area contributed by atoms with Gasteiger partial charge in [-0.1, -0.05) is 47.6 Å². The Balaban J connectivity index is 1.62. The predicted octanol–water partition coefficient (Wildman–Crippen LogP) is 4.86. The molecule has 3 aromatic heterocycles. The van der Waals surface area contributed by atoms with E-state index in [4.69, 9.17) is 0 Å². The standard InChI is InChI=1S/C22H14N2S2/c1-2-21(25-17-1)22(11-5-19-9-15-24-16-10-19)12-6-20(26-22)4-3-18-7-13-23-14-8-18/h1-2,6-10,13-17H,12H2. The van der Waals surface area contributed by atoms with Gasteiger partial charge in [0.05, 0.1) is 4.91 Å². The van der Waals surface area contributed by atoms with Gasteiger partial charge in [-0.15, -0.1) is 11.3 Å². The van der Waals surface area contributed by atoms with Crippen LogP contribution in [0.1, 0.15) is 22.4 Å². The Kier molecular flexibility index (Phi) is 4.88. The number of thioether (sulfide) groups is 1. The van der Waals surface area contributed by atoms with Gasteiger partial charge in [0.2, 0.25) is 0 Å². The summed E-state index contributed by atoms with van der Waals surface area (Å²) in [6, 6.07) is 12.0. The fourth-order valence-corrected chi connectivity index (χ4v) is 4.70. The lowest BCUT2D eigenvalue weighted by Crippen LogP contribution is -2.14. The van der Waals surface area contributed by atoms with Gasteiger partial charge in [-0.25, -0.2) is 0 Å². The van der Waals surface area contributed by atoms with Crippen LogP contribution >= 0.6 is 23.1 Å². The van der Waals surface area contributed by atoms with E-state index in [2.05, 4.69) is 57.2 Å². The molecule has 0 amide bonds. The molecule has 0 radical (unpaired) electrons. The lowest BCUT2D eigenvalue weighted by atomic mass is 10.0. The fraction of sp³-hybridized carbons (Fsp3) is 0.0909. The second kappa shape index (κ2) is 7.62. The fourth-order valence-electron chi connectivity index (χ4n) is 2.56. The minimum atomic E-state index is -0.264. The highest BCUT2D eigenvalue weighted by molar-refractivity contribution is 8.04. The third-order valence-corrected chi connectivity index (χ3v) is 6.36. The highest BCUT2D eigenvalue weighted by atomic mass is 32.2. The summed E-state index contributed by atoms with van der Waals surface area (Å²) in [6.45, 7) is 0. The van der Waals surface area contributed by atoms with Crippen molar-refractivity contribution in [3.05, 3.63) is 93.6 Å². The number of hydrogen-bond acceptors (Lipinski definition) is 4. The number of allylic oxidation sites excluding steroid dienone is 2. The molecule has 0 saturated heterocycles. The molecule has 1 aliphatic heterocycles. The minimum absolute atomic E-state index is 0.264. The van der Waals surface area contributed by atoms with Crippen LogP contribution in [0.3, 0.4) is 0 Å². The van der Waals surface area contributed by atoms with Crippen LogP contribution in [0.4, 0.5) is 0 Å². The molecule has 0 spiro atoms. The largest absolute Gasteiger partial charge is 0.265 e. The van der Waals surface area contributed by atoms with Crippen molar-refractivity contribution in [1.29, 1.82) is 0 Å². The molecule has 4 rings (SSSR count). The molecule has 3 aromatic rings. The first-order chi connectivity index (χ1) is 12.8. The molecule has 4 heteroatoms. The first kappa shape index (κ1) is 16.7. The number of thiophene rings is 1. The zero-order valence-electron chi connectivity index (χ0n) is 13.8. The highest BCUT2D eigenvalue weighted by Crippen LogP contribution is 2.50. The summed E-state index contributed by atoms with van der Waals surface area (Å²) < 4.78 is -0.264. The molecule has 4 heterocycles. The van der Waals surface area contributed by atoms with Crippen molar-refractivity contribution >= 4 is 23.1 Å². The third kappa shape index (κ3) is 3.73. The lowest BCUT2D eigenvalue weighted by molar-refractivity contribution is 0.853. The molecule has 0 bridgehead atoms. The van der Waals surface area contributed by atoms with Gasteiger partial charge in [0.1, 0.15) is 4.75 Å². The Hall–Kier alpha value is -2.79. The summed E-state index contributed by atoms with van der Waals surface area (Å²) in [5, 5.41) is 2.10. The van der Waals surface area contributed by atoms with E-state index in [0.29, 0.717) is 0 Å². The van der Waals surface area contributed by atoms with Gasteiger partial charge in [-0.2, -0.15) is 0 Å². The summed E-state index contributed by atoms with van der Waals surface area (Å²) in [5.74, 6) is 13.3. The maximum absolute atomic E-state index is 4.05. The summed E-state index contributed by atoms with van der Waals surface area (Å²) in [6.07, 6.45) is 10.1. The topological polar surface area (TPSA) is 25.8 Å². The van der Waals surface area contributed by atoms with Crippen LogP contribution in [0.5, 0.6) is 0 Å². The van der Waals surface area contributed by atoms with Crippen molar-refractivity contribution in [1.82, 2.24) is 9.97 Å². The normalized spacial score (nSPS) is 18.2. The second-order valence-electron chi connectivity index (χ2n) is 5.65. The van der Waals surface area contributed by atoms with E-state index >= 15 is 0 Å². The Morgan fingerprint density at radius 1 is 0.846 bits per heavy atom. The average Bonchev–Trinajstić information content (AvgIpc) is 3.37. The van der Waals surface area contributed by atoms with Crippen LogP contribution in [-0.4, -0.2) is 9.97 Å². The molecule has 0 aliphatic carbocycles. The van der Waals surface area contributed by atoms with E-state index in [9.17, 15) is 0 Å².